The van der Waals surface area contributed by atoms with E-state index in [0.717, 1.165) is 44.5 Å². The summed E-state index contributed by atoms with van der Waals surface area (Å²) in [6, 6.07) is 6.75. The fourth-order valence-corrected chi connectivity index (χ4v) is 3.90. The highest BCUT2D eigenvalue weighted by molar-refractivity contribution is 5.67. The minimum absolute atomic E-state index is 0.294. The predicted molar refractivity (Wildman–Crippen MR) is 109 cm³/mol. The van der Waals surface area contributed by atoms with Crippen LogP contribution in [0.5, 0.6) is 0 Å². The molecule has 4 nitrogen and oxygen atoms in total. The molecule has 1 aromatic rings. The Balaban J connectivity index is 1.55. The summed E-state index contributed by atoms with van der Waals surface area (Å²) >= 11 is 0. The summed E-state index contributed by atoms with van der Waals surface area (Å²) < 4.78 is 11.1. The van der Waals surface area contributed by atoms with Crippen molar-refractivity contribution < 1.29 is 14.3 Å². The van der Waals surface area contributed by atoms with Crippen LogP contribution in [0.4, 0.5) is 4.79 Å². The van der Waals surface area contributed by atoms with E-state index in [-0.39, 0.29) is 6.09 Å². The van der Waals surface area contributed by atoms with Gasteiger partial charge in [0.05, 0.1) is 19.0 Å². The van der Waals surface area contributed by atoms with Crippen LogP contribution in [-0.2, 0) is 15.9 Å². The van der Waals surface area contributed by atoms with Gasteiger partial charge in [0.2, 0.25) is 0 Å². The molecule has 148 valence electrons. The molecule has 0 aromatic heterocycles. The van der Waals surface area contributed by atoms with Crippen LogP contribution in [-0.4, -0.2) is 25.9 Å². The fourth-order valence-electron chi connectivity index (χ4n) is 3.90. The molecule has 27 heavy (non-hydrogen) atoms. The van der Waals surface area contributed by atoms with E-state index in [2.05, 4.69) is 36.5 Å². The molecule has 1 aliphatic carbocycles. The zero-order valence-electron chi connectivity index (χ0n) is 16.6. The first kappa shape index (κ1) is 19.8. The number of amides is 1. The van der Waals surface area contributed by atoms with Crippen LogP contribution in [0.3, 0.4) is 0 Å². The third-order valence-corrected chi connectivity index (χ3v) is 5.55. The Morgan fingerprint density at radius 3 is 2.96 bits per heavy atom. The van der Waals surface area contributed by atoms with E-state index in [0.29, 0.717) is 19.1 Å². The molecule has 0 radical (unpaired) electrons. The number of hydrogen-bond donors (Lipinski definition) is 1. The number of carbonyl (C=O) groups excluding carboxylic acids is 1. The summed E-state index contributed by atoms with van der Waals surface area (Å²) in [5.41, 5.74) is 4.00. The fraction of sp³-hybridized carbons (Fsp3) is 0.609. The standard InChI is InChI=1S/C23H33NO3/c1-2-3-4-5-6-13-26-22-12-11-18-15-19(9-10-20(18)16-22)21-8-7-14-27-23(25)24-17-21/h9-10,15-16,21H,2-8,11-14,17H2,1H3,(H,24,25)/t21-/m0/s1. The second-order valence-corrected chi connectivity index (χ2v) is 7.69. The molecular weight excluding hydrogens is 338 g/mol. The van der Waals surface area contributed by atoms with Crippen LogP contribution in [0.15, 0.2) is 24.0 Å². The van der Waals surface area contributed by atoms with Crippen molar-refractivity contribution in [3.05, 3.63) is 40.6 Å². The number of hydrogen-bond acceptors (Lipinski definition) is 3. The van der Waals surface area contributed by atoms with Gasteiger partial charge in [0, 0.05) is 18.9 Å². The van der Waals surface area contributed by atoms with E-state index in [1.807, 2.05) is 0 Å². The largest absolute Gasteiger partial charge is 0.498 e. The minimum Gasteiger partial charge on any atom is -0.498 e. The van der Waals surface area contributed by atoms with Crippen molar-refractivity contribution >= 4 is 12.2 Å². The number of benzene rings is 1. The first-order valence-corrected chi connectivity index (χ1v) is 10.6. The van der Waals surface area contributed by atoms with Crippen LogP contribution >= 0.6 is 0 Å². The van der Waals surface area contributed by atoms with E-state index < -0.39 is 0 Å². The molecule has 1 fully saturated rings. The van der Waals surface area contributed by atoms with Crippen LogP contribution in [0.2, 0.25) is 0 Å². The molecule has 1 amide bonds. The van der Waals surface area contributed by atoms with Crippen LogP contribution in [0, 0.1) is 0 Å². The molecule has 1 atom stereocenters. The molecule has 1 aliphatic heterocycles. The van der Waals surface area contributed by atoms with E-state index in [1.54, 1.807) is 0 Å². The van der Waals surface area contributed by atoms with Gasteiger partial charge in [-0.3, -0.25) is 0 Å². The highest BCUT2D eigenvalue weighted by Gasteiger charge is 2.19. The van der Waals surface area contributed by atoms with Crippen molar-refractivity contribution in [3.8, 4) is 0 Å². The molecule has 1 aromatic carbocycles. The lowest BCUT2D eigenvalue weighted by Gasteiger charge is -2.23. The van der Waals surface area contributed by atoms with Crippen molar-refractivity contribution in [1.29, 1.82) is 0 Å². The number of unbranched alkanes of at least 4 members (excludes halogenated alkanes) is 4. The number of allylic oxidation sites excluding steroid dienone is 1. The molecule has 0 bridgehead atoms. The Morgan fingerprint density at radius 1 is 1.19 bits per heavy atom. The summed E-state index contributed by atoms with van der Waals surface area (Å²) in [6.45, 7) is 4.25. The maximum Gasteiger partial charge on any atom is 0.407 e. The second-order valence-electron chi connectivity index (χ2n) is 7.69. The lowest BCUT2D eigenvalue weighted by atomic mass is 9.88. The molecule has 3 rings (SSSR count). The number of ether oxygens (including phenoxy) is 2. The van der Waals surface area contributed by atoms with Gasteiger partial charge in [-0.15, -0.1) is 0 Å². The molecule has 1 saturated heterocycles. The Morgan fingerprint density at radius 2 is 2.07 bits per heavy atom. The summed E-state index contributed by atoms with van der Waals surface area (Å²) in [5, 5.41) is 2.87. The highest BCUT2D eigenvalue weighted by atomic mass is 16.5. The molecule has 4 heteroatoms. The van der Waals surface area contributed by atoms with Gasteiger partial charge in [0.1, 0.15) is 0 Å². The van der Waals surface area contributed by atoms with Crippen LogP contribution in [0.25, 0.3) is 6.08 Å². The van der Waals surface area contributed by atoms with E-state index in [1.165, 1.54) is 42.4 Å². The van der Waals surface area contributed by atoms with Gasteiger partial charge in [-0.25, -0.2) is 4.79 Å². The molecule has 0 spiro atoms. The Kier molecular flexibility index (Phi) is 7.61. The number of cyclic esters (lactones) is 1. The minimum atomic E-state index is -0.294. The van der Waals surface area contributed by atoms with E-state index in [4.69, 9.17) is 9.47 Å². The molecule has 0 unspecified atom stereocenters. The van der Waals surface area contributed by atoms with Gasteiger partial charge in [-0.2, -0.15) is 0 Å². The van der Waals surface area contributed by atoms with Crippen molar-refractivity contribution in [2.75, 3.05) is 19.8 Å². The van der Waals surface area contributed by atoms with E-state index in [9.17, 15) is 4.79 Å². The summed E-state index contributed by atoms with van der Waals surface area (Å²) in [5.74, 6) is 1.49. The number of rotatable bonds is 8. The smallest absolute Gasteiger partial charge is 0.407 e. The lowest BCUT2D eigenvalue weighted by molar-refractivity contribution is 0.136. The Bertz CT molecular complexity index is 653. The monoisotopic (exact) mass is 371 g/mol. The van der Waals surface area contributed by atoms with Crippen molar-refractivity contribution in [2.45, 2.75) is 70.6 Å². The van der Waals surface area contributed by atoms with Crippen molar-refractivity contribution in [2.24, 2.45) is 0 Å². The van der Waals surface area contributed by atoms with Crippen molar-refractivity contribution in [3.63, 3.8) is 0 Å². The van der Waals surface area contributed by atoms with Gasteiger partial charge in [-0.05, 0) is 48.4 Å². The number of alkyl carbamates (subject to hydrolysis) is 1. The molecular formula is C23H33NO3. The van der Waals surface area contributed by atoms with Gasteiger partial charge < -0.3 is 14.8 Å². The second kappa shape index (κ2) is 10.4. The zero-order valence-corrected chi connectivity index (χ0v) is 16.6. The summed E-state index contributed by atoms with van der Waals surface area (Å²) in [4.78, 5) is 11.5. The third-order valence-electron chi connectivity index (χ3n) is 5.55. The number of aryl methyl sites for hydroxylation is 1. The Hall–Kier alpha value is -1.97. The first-order chi connectivity index (χ1) is 13.3. The third kappa shape index (κ3) is 6.02. The van der Waals surface area contributed by atoms with Crippen LogP contribution in [0.1, 0.15) is 80.9 Å². The van der Waals surface area contributed by atoms with Crippen molar-refractivity contribution in [1.82, 2.24) is 5.32 Å². The average molecular weight is 372 g/mol. The maximum atomic E-state index is 11.5. The Labute approximate surface area is 163 Å². The normalized spacial score (nSPS) is 19.8. The average Bonchev–Trinajstić information content (AvgIpc) is 2.67. The highest BCUT2D eigenvalue weighted by Crippen LogP contribution is 2.30. The SMILES string of the molecule is CCCCCCCOC1=Cc2ccc([C@H]3CCCOC(=O)NC3)cc2CC1. The van der Waals surface area contributed by atoms with Gasteiger partial charge >= 0.3 is 6.09 Å². The number of fused-ring (bicyclic) bond motifs is 1. The molecule has 2 aliphatic rings. The number of nitrogens with one attached hydrogen (secondary N) is 1. The lowest BCUT2D eigenvalue weighted by Crippen LogP contribution is -2.31. The molecule has 0 saturated carbocycles. The predicted octanol–water partition coefficient (Wildman–Crippen LogP) is 5.56. The van der Waals surface area contributed by atoms with Crippen LogP contribution < -0.4 is 5.32 Å². The zero-order chi connectivity index (χ0) is 18.9. The quantitative estimate of drug-likeness (QED) is 0.608. The van der Waals surface area contributed by atoms with E-state index >= 15 is 0 Å². The first-order valence-electron chi connectivity index (χ1n) is 10.6. The summed E-state index contributed by atoms with van der Waals surface area (Å²) in [7, 11) is 0. The molecule has 1 N–H and O–H groups in total. The number of carbonyl (C=O) groups is 1. The summed E-state index contributed by atoms with van der Waals surface area (Å²) in [6.07, 6.45) is 12.3. The maximum absolute atomic E-state index is 11.5. The van der Waals surface area contributed by atoms with Gasteiger partial charge in [0.25, 0.3) is 0 Å². The topological polar surface area (TPSA) is 47.6 Å². The van der Waals surface area contributed by atoms with Gasteiger partial charge in [0.15, 0.2) is 0 Å². The molecule has 1 heterocycles. The van der Waals surface area contributed by atoms with Gasteiger partial charge in [-0.1, -0.05) is 50.8 Å².